The number of benzene rings is 2. The van der Waals surface area contributed by atoms with E-state index >= 15 is 0 Å². The maximum Gasteiger partial charge on any atom is 0.262 e. The van der Waals surface area contributed by atoms with Crippen molar-refractivity contribution in [3.8, 4) is 6.07 Å². The first kappa shape index (κ1) is 18.3. The maximum atomic E-state index is 12.3. The van der Waals surface area contributed by atoms with E-state index in [4.69, 9.17) is 4.74 Å². The molecule has 1 saturated heterocycles. The van der Waals surface area contributed by atoms with Crippen LogP contribution in [0.2, 0.25) is 0 Å². The highest BCUT2D eigenvalue weighted by molar-refractivity contribution is 6.01. The molecule has 0 radical (unpaired) electrons. The molecule has 0 aliphatic carbocycles. The van der Waals surface area contributed by atoms with Gasteiger partial charge in [-0.15, -0.1) is 0 Å². The lowest BCUT2D eigenvalue weighted by molar-refractivity contribution is -0.117. The van der Waals surface area contributed by atoms with Gasteiger partial charge in [-0.25, -0.2) is 0 Å². The van der Waals surface area contributed by atoms with E-state index in [1.807, 2.05) is 30.3 Å². The third-order valence-electron chi connectivity index (χ3n) is 5.29. The summed E-state index contributed by atoms with van der Waals surface area (Å²) >= 11 is 0. The van der Waals surface area contributed by atoms with Crippen molar-refractivity contribution in [1.29, 1.82) is 5.26 Å². The molecular formula is C23H23N3O2. The quantitative estimate of drug-likeness (QED) is 0.644. The van der Waals surface area contributed by atoms with Crippen LogP contribution in [0.5, 0.6) is 0 Å². The van der Waals surface area contributed by atoms with E-state index in [9.17, 15) is 10.1 Å². The Balaban J connectivity index is 1.40. The molecule has 5 heteroatoms. The van der Waals surface area contributed by atoms with Gasteiger partial charge in [0.25, 0.3) is 5.91 Å². The number of nitriles is 1. The first-order chi connectivity index (χ1) is 13.7. The van der Waals surface area contributed by atoms with Gasteiger partial charge in [0.1, 0.15) is 11.6 Å². The standard InChI is InChI=1S/C23H23N3O2/c24-13-20(23(27)25-14-22-6-3-11-28-22)12-17-7-9-21(10-8-17)26-15-18-4-1-2-5-19(18)16-26/h1-2,4-5,7-10,12,22H,3,6,11,14-16H2,(H,25,27)/b20-12+/t22-/m0/s1. The normalized spacial score (nSPS) is 18.6. The van der Waals surface area contributed by atoms with E-state index < -0.39 is 0 Å². The number of hydrogen-bond acceptors (Lipinski definition) is 4. The van der Waals surface area contributed by atoms with Crippen molar-refractivity contribution in [2.75, 3.05) is 18.1 Å². The molecule has 142 valence electrons. The van der Waals surface area contributed by atoms with Gasteiger partial charge in [0.2, 0.25) is 0 Å². The number of ether oxygens (including phenoxy) is 1. The molecule has 0 spiro atoms. The highest BCUT2D eigenvalue weighted by atomic mass is 16.5. The second-order valence-electron chi connectivity index (χ2n) is 7.23. The molecule has 0 bridgehead atoms. The van der Waals surface area contributed by atoms with E-state index in [-0.39, 0.29) is 17.6 Å². The number of fused-ring (bicyclic) bond motifs is 1. The van der Waals surface area contributed by atoms with Gasteiger partial charge in [-0.1, -0.05) is 36.4 Å². The summed E-state index contributed by atoms with van der Waals surface area (Å²) in [7, 11) is 0. The molecule has 1 N–H and O–H groups in total. The first-order valence-corrected chi connectivity index (χ1v) is 9.66. The van der Waals surface area contributed by atoms with Gasteiger partial charge in [0.15, 0.2) is 0 Å². The molecule has 1 fully saturated rings. The summed E-state index contributed by atoms with van der Waals surface area (Å²) in [5.74, 6) is -0.350. The average Bonchev–Trinajstić information content (AvgIpc) is 3.40. The van der Waals surface area contributed by atoms with Gasteiger partial charge in [0.05, 0.1) is 6.10 Å². The van der Waals surface area contributed by atoms with Crippen molar-refractivity contribution in [2.45, 2.75) is 32.0 Å². The summed E-state index contributed by atoms with van der Waals surface area (Å²) in [6.45, 7) is 3.00. The lowest BCUT2D eigenvalue weighted by atomic mass is 10.1. The zero-order chi connectivity index (χ0) is 19.3. The predicted molar refractivity (Wildman–Crippen MR) is 108 cm³/mol. The van der Waals surface area contributed by atoms with Crippen LogP contribution in [0.3, 0.4) is 0 Å². The molecule has 0 saturated carbocycles. The van der Waals surface area contributed by atoms with Crippen LogP contribution in [0, 0.1) is 11.3 Å². The highest BCUT2D eigenvalue weighted by Gasteiger charge is 2.19. The predicted octanol–water partition coefficient (Wildman–Crippen LogP) is 3.41. The summed E-state index contributed by atoms with van der Waals surface area (Å²) in [5.41, 5.74) is 4.81. The summed E-state index contributed by atoms with van der Waals surface area (Å²) in [6, 6.07) is 18.5. The molecule has 2 aliphatic heterocycles. The van der Waals surface area contributed by atoms with Crippen molar-refractivity contribution in [1.82, 2.24) is 5.32 Å². The number of carbonyl (C=O) groups excluding carboxylic acids is 1. The van der Waals surface area contributed by atoms with Crippen molar-refractivity contribution < 1.29 is 9.53 Å². The fraction of sp³-hybridized carbons (Fsp3) is 0.304. The molecular weight excluding hydrogens is 350 g/mol. The van der Waals surface area contributed by atoms with Crippen molar-refractivity contribution in [3.63, 3.8) is 0 Å². The van der Waals surface area contributed by atoms with Crippen LogP contribution in [0.25, 0.3) is 6.08 Å². The van der Waals surface area contributed by atoms with E-state index in [1.54, 1.807) is 6.08 Å². The minimum absolute atomic E-state index is 0.0627. The summed E-state index contributed by atoms with van der Waals surface area (Å²) in [5, 5.41) is 12.2. The Morgan fingerprint density at radius 2 is 1.89 bits per heavy atom. The lowest BCUT2D eigenvalue weighted by Gasteiger charge is -2.17. The van der Waals surface area contributed by atoms with Gasteiger partial charge in [-0.3, -0.25) is 4.79 Å². The fourth-order valence-corrected chi connectivity index (χ4v) is 3.72. The van der Waals surface area contributed by atoms with E-state index in [2.05, 4.69) is 34.5 Å². The molecule has 2 heterocycles. The fourth-order valence-electron chi connectivity index (χ4n) is 3.72. The first-order valence-electron chi connectivity index (χ1n) is 9.66. The molecule has 5 nitrogen and oxygen atoms in total. The molecule has 0 unspecified atom stereocenters. The van der Waals surface area contributed by atoms with Crippen LogP contribution >= 0.6 is 0 Å². The third-order valence-corrected chi connectivity index (χ3v) is 5.29. The Morgan fingerprint density at radius 1 is 1.18 bits per heavy atom. The number of carbonyl (C=O) groups is 1. The summed E-state index contributed by atoms with van der Waals surface area (Å²) in [6.07, 6.45) is 3.67. The number of anilines is 1. The maximum absolute atomic E-state index is 12.3. The van der Waals surface area contributed by atoms with Gasteiger partial charge >= 0.3 is 0 Å². The van der Waals surface area contributed by atoms with Gasteiger partial charge in [-0.05, 0) is 47.7 Å². The topological polar surface area (TPSA) is 65.4 Å². The number of hydrogen-bond donors (Lipinski definition) is 1. The Morgan fingerprint density at radius 3 is 2.50 bits per heavy atom. The third kappa shape index (κ3) is 4.08. The number of nitrogens with zero attached hydrogens (tertiary/aromatic N) is 2. The molecule has 4 rings (SSSR count). The lowest BCUT2D eigenvalue weighted by Crippen LogP contribution is -2.32. The van der Waals surface area contributed by atoms with Crippen molar-refractivity contribution >= 4 is 17.7 Å². The molecule has 2 aliphatic rings. The SMILES string of the molecule is N#C/C(=C\c1ccc(N2Cc3ccccc3C2)cc1)C(=O)NC[C@@H]1CCCO1. The number of rotatable bonds is 5. The summed E-state index contributed by atoms with van der Waals surface area (Å²) < 4.78 is 5.50. The molecule has 1 atom stereocenters. The molecule has 2 aromatic carbocycles. The van der Waals surface area contributed by atoms with Crippen LogP contribution in [0.15, 0.2) is 54.1 Å². The van der Waals surface area contributed by atoms with E-state index in [0.717, 1.165) is 43.8 Å². The van der Waals surface area contributed by atoms with Crippen molar-refractivity contribution in [2.24, 2.45) is 0 Å². The zero-order valence-corrected chi connectivity index (χ0v) is 15.7. The minimum Gasteiger partial charge on any atom is -0.376 e. The molecule has 0 aromatic heterocycles. The van der Waals surface area contributed by atoms with E-state index in [0.29, 0.717) is 6.54 Å². The smallest absolute Gasteiger partial charge is 0.262 e. The van der Waals surface area contributed by atoms with Crippen molar-refractivity contribution in [3.05, 3.63) is 70.8 Å². The van der Waals surface area contributed by atoms with Crippen LogP contribution in [-0.2, 0) is 22.6 Å². The van der Waals surface area contributed by atoms with Crippen LogP contribution < -0.4 is 10.2 Å². The second kappa shape index (κ2) is 8.28. The molecule has 28 heavy (non-hydrogen) atoms. The summed E-state index contributed by atoms with van der Waals surface area (Å²) in [4.78, 5) is 14.6. The molecule has 2 aromatic rings. The molecule has 1 amide bonds. The highest BCUT2D eigenvalue weighted by Crippen LogP contribution is 2.28. The Bertz CT molecular complexity index is 897. The Hall–Kier alpha value is -3.10. The zero-order valence-electron chi connectivity index (χ0n) is 15.7. The van der Waals surface area contributed by atoms with Gasteiger partial charge in [-0.2, -0.15) is 5.26 Å². The number of amides is 1. The van der Waals surface area contributed by atoms with Crippen LogP contribution in [0.1, 0.15) is 29.5 Å². The Kier molecular flexibility index (Phi) is 5.41. The average molecular weight is 373 g/mol. The minimum atomic E-state index is -0.350. The van der Waals surface area contributed by atoms with Gasteiger partial charge in [0, 0.05) is 31.9 Å². The second-order valence-corrected chi connectivity index (χ2v) is 7.23. The van der Waals surface area contributed by atoms with Crippen LogP contribution in [0.4, 0.5) is 5.69 Å². The Labute approximate surface area is 165 Å². The number of nitrogens with one attached hydrogen (secondary N) is 1. The van der Waals surface area contributed by atoms with Crippen LogP contribution in [-0.4, -0.2) is 25.2 Å². The van der Waals surface area contributed by atoms with E-state index in [1.165, 1.54) is 11.1 Å². The van der Waals surface area contributed by atoms with Gasteiger partial charge < -0.3 is 15.0 Å². The largest absolute Gasteiger partial charge is 0.376 e. The monoisotopic (exact) mass is 373 g/mol.